The lowest BCUT2D eigenvalue weighted by atomic mass is 10.1. The summed E-state index contributed by atoms with van der Waals surface area (Å²) in [5, 5.41) is 5.63. The first-order valence-corrected chi connectivity index (χ1v) is 10.1. The van der Waals surface area contributed by atoms with Crippen LogP contribution < -0.4 is 15.4 Å². The third-order valence-electron chi connectivity index (χ3n) is 4.91. The highest BCUT2D eigenvalue weighted by Crippen LogP contribution is 2.22. The van der Waals surface area contributed by atoms with E-state index in [2.05, 4.69) is 26.3 Å². The highest BCUT2D eigenvalue weighted by atomic mass is 19.4. The van der Waals surface area contributed by atoms with Gasteiger partial charge in [0.05, 0.1) is 13.2 Å². The molecular formula is C22H26F3N3O3. The molecule has 0 radical (unpaired) electrons. The molecule has 31 heavy (non-hydrogen) atoms. The lowest BCUT2D eigenvalue weighted by molar-refractivity contribution is -0.274. The Hall–Kier alpha value is -2.78. The van der Waals surface area contributed by atoms with Gasteiger partial charge in [-0.1, -0.05) is 36.4 Å². The van der Waals surface area contributed by atoms with Crippen LogP contribution in [0.5, 0.6) is 5.75 Å². The number of rotatable bonds is 8. The van der Waals surface area contributed by atoms with Crippen LogP contribution in [0.3, 0.4) is 0 Å². The van der Waals surface area contributed by atoms with Gasteiger partial charge < -0.3 is 20.1 Å². The molecule has 3 rings (SSSR count). The number of halogens is 3. The topological polar surface area (TPSA) is 62.8 Å². The van der Waals surface area contributed by atoms with Crippen LogP contribution in [0, 0.1) is 0 Å². The van der Waals surface area contributed by atoms with E-state index in [0.29, 0.717) is 19.5 Å². The first-order valence-electron chi connectivity index (χ1n) is 10.1. The summed E-state index contributed by atoms with van der Waals surface area (Å²) in [6, 6.07) is 13.3. The van der Waals surface area contributed by atoms with Gasteiger partial charge in [0.15, 0.2) is 0 Å². The molecule has 2 aromatic rings. The largest absolute Gasteiger partial charge is 0.573 e. The Balaban J connectivity index is 1.40. The Bertz CT molecular complexity index is 838. The molecule has 2 N–H and O–H groups in total. The molecule has 0 atom stereocenters. The predicted octanol–water partition coefficient (Wildman–Crippen LogP) is 3.46. The van der Waals surface area contributed by atoms with Gasteiger partial charge in [-0.15, -0.1) is 13.2 Å². The lowest BCUT2D eigenvalue weighted by Gasteiger charge is -2.27. The van der Waals surface area contributed by atoms with Crippen LogP contribution in [0.15, 0.2) is 48.5 Å². The van der Waals surface area contributed by atoms with E-state index in [1.807, 2.05) is 18.2 Å². The van der Waals surface area contributed by atoms with Gasteiger partial charge in [0.1, 0.15) is 5.75 Å². The highest BCUT2D eigenvalue weighted by Gasteiger charge is 2.30. The summed E-state index contributed by atoms with van der Waals surface area (Å²) >= 11 is 0. The van der Waals surface area contributed by atoms with Gasteiger partial charge in [-0.25, -0.2) is 4.79 Å². The fourth-order valence-electron chi connectivity index (χ4n) is 3.30. The predicted molar refractivity (Wildman–Crippen MR) is 110 cm³/mol. The number of ether oxygens (including phenoxy) is 2. The number of alkyl halides is 3. The number of urea groups is 1. The zero-order valence-corrected chi connectivity index (χ0v) is 17.1. The molecule has 168 valence electrons. The summed E-state index contributed by atoms with van der Waals surface area (Å²) < 4.78 is 45.8. The van der Waals surface area contributed by atoms with E-state index in [9.17, 15) is 18.0 Å². The molecule has 9 heteroatoms. The maximum atomic E-state index is 12.2. The lowest BCUT2D eigenvalue weighted by Crippen LogP contribution is -2.37. The Morgan fingerprint density at radius 2 is 1.68 bits per heavy atom. The van der Waals surface area contributed by atoms with Gasteiger partial charge in [0.25, 0.3) is 0 Å². The summed E-state index contributed by atoms with van der Waals surface area (Å²) in [7, 11) is 0. The normalized spacial score (nSPS) is 14.8. The van der Waals surface area contributed by atoms with Gasteiger partial charge in [0.2, 0.25) is 0 Å². The molecule has 1 heterocycles. The smallest absolute Gasteiger partial charge is 0.406 e. The molecule has 1 aliphatic rings. The van der Waals surface area contributed by atoms with Gasteiger partial charge in [0, 0.05) is 32.7 Å². The maximum Gasteiger partial charge on any atom is 0.573 e. The summed E-state index contributed by atoms with van der Waals surface area (Å²) in [5.74, 6) is -0.266. The second-order valence-corrected chi connectivity index (χ2v) is 7.21. The zero-order chi connectivity index (χ0) is 22.1. The second kappa shape index (κ2) is 11.0. The van der Waals surface area contributed by atoms with E-state index in [4.69, 9.17) is 4.74 Å². The summed E-state index contributed by atoms with van der Waals surface area (Å²) in [5.41, 5.74) is 3.03. The quantitative estimate of drug-likeness (QED) is 0.664. The average Bonchev–Trinajstić information content (AvgIpc) is 2.74. The Labute approximate surface area is 179 Å². The van der Waals surface area contributed by atoms with Gasteiger partial charge in [-0.05, 0) is 35.2 Å². The number of nitrogens with one attached hydrogen (secondary N) is 2. The van der Waals surface area contributed by atoms with Crippen molar-refractivity contribution < 1.29 is 27.4 Å². The van der Waals surface area contributed by atoms with Crippen molar-refractivity contribution in [2.75, 3.05) is 32.8 Å². The van der Waals surface area contributed by atoms with E-state index < -0.39 is 6.36 Å². The molecule has 0 spiro atoms. The molecule has 6 nitrogen and oxygen atoms in total. The highest BCUT2D eigenvalue weighted by molar-refractivity contribution is 5.73. The molecule has 2 aromatic carbocycles. The van der Waals surface area contributed by atoms with Gasteiger partial charge in [-0.2, -0.15) is 0 Å². The minimum Gasteiger partial charge on any atom is -0.406 e. The number of benzene rings is 2. The number of hydrogen-bond acceptors (Lipinski definition) is 4. The van der Waals surface area contributed by atoms with Crippen LogP contribution in [-0.2, 0) is 24.2 Å². The second-order valence-electron chi connectivity index (χ2n) is 7.21. The summed E-state index contributed by atoms with van der Waals surface area (Å²) in [4.78, 5) is 14.5. The molecule has 1 aliphatic heterocycles. The number of morpholine rings is 1. The number of nitrogens with zero attached hydrogens (tertiary/aromatic N) is 1. The van der Waals surface area contributed by atoms with Crippen molar-refractivity contribution >= 4 is 6.03 Å². The van der Waals surface area contributed by atoms with E-state index in [0.717, 1.165) is 44.0 Å². The number of hydrogen-bond donors (Lipinski definition) is 2. The summed E-state index contributed by atoms with van der Waals surface area (Å²) in [6.45, 7) is 4.85. The molecule has 0 unspecified atom stereocenters. The monoisotopic (exact) mass is 437 g/mol. The Morgan fingerprint density at radius 3 is 2.35 bits per heavy atom. The van der Waals surface area contributed by atoms with Crippen LogP contribution in [-0.4, -0.2) is 50.1 Å². The number of carbonyl (C=O) groups is 1. The van der Waals surface area contributed by atoms with Crippen molar-refractivity contribution in [3.63, 3.8) is 0 Å². The number of amides is 2. The van der Waals surface area contributed by atoms with Crippen LogP contribution in [0.1, 0.15) is 16.7 Å². The minimum absolute atomic E-state index is 0.266. The molecule has 0 aromatic heterocycles. The first kappa shape index (κ1) is 22.9. The van der Waals surface area contributed by atoms with E-state index in [1.54, 1.807) is 12.1 Å². The Kier molecular flexibility index (Phi) is 8.13. The fourth-order valence-corrected chi connectivity index (χ4v) is 3.30. The summed E-state index contributed by atoms with van der Waals surface area (Å²) in [6.07, 6.45) is -4.21. The molecule has 1 fully saturated rings. The van der Waals surface area contributed by atoms with Crippen LogP contribution >= 0.6 is 0 Å². The van der Waals surface area contributed by atoms with Crippen LogP contribution in [0.2, 0.25) is 0 Å². The minimum atomic E-state index is -4.71. The van der Waals surface area contributed by atoms with Crippen LogP contribution in [0.25, 0.3) is 0 Å². The van der Waals surface area contributed by atoms with Crippen LogP contribution in [0.4, 0.5) is 18.0 Å². The molecule has 0 saturated carbocycles. The number of carbonyl (C=O) groups excluding carboxylic acids is 1. The van der Waals surface area contributed by atoms with Crippen molar-refractivity contribution in [2.45, 2.75) is 25.9 Å². The SMILES string of the molecule is O=C(NCCc1ccc(OC(F)(F)F)cc1)NCc1ccccc1CN1CCOCC1. The van der Waals surface area contributed by atoms with Crippen molar-refractivity contribution in [3.05, 3.63) is 65.2 Å². The average molecular weight is 437 g/mol. The zero-order valence-electron chi connectivity index (χ0n) is 17.1. The van der Waals surface area contributed by atoms with Crippen molar-refractivity contribution in [3.8, 4) is 5.75 Å². The van der Waals surface area contributed by atoms with Crippen molar-refractivity contribution in [1.29, 1.82) is 0 Å². The van der Waals surface area contributed by atoms with Gasteiger partial charge >= 0.3 is 12.4 Å². The third kappa shape index (κ3) is 8.10. The van der Waals surface area contributed by atoms with E-state index >= 15 is 0 Å². The third-order valence-corrected chi connectivity index (χ3v) is 4.91. The molecule has 0 bridgehead atoms. The first-order chi connectivity index (χ1) is 14.9. The standard InChI is InChI=1S/C22H26F3N3O3/c23-22(24,25)31-20-7-5-17(6-8-20)9-10-26-21(29)27-15-18-3-1-2-4-19(18)16-28-11-13-30-14-12-28/h1-8H,9-16H2,(H2,26,27,29). The van der Waals surface area contributed by atoms with Crippen molar-refractivity contribution in [1.82, 2.24) is 15.5 Å². The van der Waals surface area contributed by atoms with E-state index in [1.165, 1.54) is 17.7 Å². The van der Waals surface area contributed by atoms with E-state index in [-0.39, 0.29) is 11.8 Å². The van der Waals surface area contributed by atoms with Crippen molar-refractivity contribution in [2.24, 2.45) is 0 Å². The molecule has 1 saturated heterocycles. The molecule has 0 aliphatic carbocycles. The molecular weight excluding hydrogens is 411 g/mol. The fraction of sp³-hybridized carbons (Fsp3) is 0.409. The maximum absolute atomic E-state index is 12.2. The molecule has 2 amide bonds. The van der Waals surface area contributed by atoms with Gasteiger partial charge in [-0.3, -0.25) is 4.90 Å². The Morgan fingerprint density at radius 1 is 1.00 bits per heavy atom.